The Hall–Kier alpha value is -2.07. The molecule has 0 spiro atoms. The maximum absolute atomic E-state index is 12.1. The Morgan fingerprint density at radius 2 is 2.14 bits per heavy atom. The van der Waals surface area contributed by atoms with Gasteiger partial charge in [-0.25, -0.2) is 4.68 Å². The average Bonchev–Trinajstić information content (AvgIpc) is 3.14. The van der Waals surface area contributed by atoms with Gasteiger partial charge in [-0.15, -0.1) is 0 Å². The van der Waals surface area contributed by atoms with E-state index in [1.807, 2.05) is 30.3 Å². The first-order valence-corrected chi connectivity index (χ1v) is 7.81. The number of hydrogen-bond acceptors (Lipinski definition) is 2. The van der Waals surface area contributed by atoms with E-state index in [2.05, 4.69) is 22.6 Å². The maximum Gasteiger partial charge on any atom is 0.226 e. The summed E-state index contributed by atoms with van der Waals surface area (Å²) < 4.78 is 1.78. The first-order valence-electron chi connectivity index (χ1n) is 7.43. The van der Waals surface area contributed by atoms with E-state index >= 15 is 0 Å². The van der Waals surface area contributed by atoms with Crippen LogP contribution in [0.3, 0.4) is 0 Å². The van der Waals surface area contributed by atoms with Crippen LogP contribution in [0.4, 0.5) is 5.82 Å². The van der Waals surface area contributed by atoms with Gasteiger partial charge in [0.2, 0.25) is 5.91 Å². The highest BCUT2D eigenvalue weighted by molar-refractivity contribution is 6.30. The minimum Gasteiger partial charge on any atom is -0.311 e. The van der Waals surface area contributed by atoms with E-state index < -0.39 is 0 Å². The van der Waals surface area contributed by atoms with Crippen LogP contribution in [0.25, 0.3) is 0 Å². The molecule has 1 amide bonds. The topological polar surface area (TPSA) is 46.9 Å². The summed E-state index contributed by atoms with van der Waals surface area (Å²) in [7, 11) is 0. The van der Waals surface area contributed by atoms with Crippen LogP contribution >= 0.6 is 11.6 Å². The molecular weight excluding hydrogens is 298 g/mol. The molecule has 5 heteroatoms. The van der Waals surface area contributed by atoms with Gasteiger partial charge in [-0.05, 0) is 36.5 Å². The summed E-state index contributed by atoms with van der Waals surface area (Å²) in [6, 6.07) is 9.44. The molecule has 1 unspecified atom stereocenters. The van der Waals surface area contributed by atoms with Crippen molar-refractivity contribution in [1.29, 1.82) is 0 Å². The van der Waals surface area contributed by atoms with Crippen molar-refractivity contribution in [3.05, 3.63) is 59.3 Å². The molecule has 4 nitrogen and oxygen atoms in total. The largest absolute Gasteiger partial charge is 0.311 e. The zero-order valence-electron chi connectivity index (χ0n) is 12.2. The quantitative estimate of drug-likeness (QED) is 0.851. The second kappa shape index (κ2) is 6.79. The monoisotopic (exact) mass is 315 g/mol. The number of halogens is 1. The minimum absolute atomic E-state index is 0.0365. The summed E-state index contributed by atoms with van der Waals surface area (Å²) in [4.78, 5) is 12.1. The molecule has 0 aliphatic heterocycles. The molecule has 0 fully saturated rings. The lowest BCUT2D eigenvalue weighted by molar-refractivity contribution is -0.116. The van der Waals surface area contributed by atoms with Crippen molar-refractivity contribution in [2.45, 2.75) is 25.8 Å². The summed E-state index contributed by atoms with van der Waals surface area (Å²) in [6.07, 6.45) is 8.64. The highest BCUT2D eigenvalue weighted by atomic mass is 35.5. The van der Waals surface area contributed by atoms with Crippen molar-refractivity contribution >= 4 is 23.3 Å². The standard InChI is InChI=1S/C17H18ClN3O/c18-15-7-5-14(6-8-15)12-21-16(9-10-19-21)20-17(22)11-13-3-1-2-4-13/h1,3,5-10,13H,2,4,11-12H2,(H,20,22). The molecule has 0 saturated heterocycles. The summed E-state index contributed by atoms with van der Waals surface area (Å²) in [5.74, 6) is 1.13. The van der Waals surface area contributed by atoms with E-state index in [1.54, 1.807) is 10.9 Å². The van der Waals surface area contributed by atoms with Crippen LogP contribution in [-0.2, 0) is 11.3 Å². The van der Waals surface area contributed by atoms with Crippen molar-refractivity contribution in [2.75, 3.05) is 5.32 Å². The van der Waals surface area contributed by atoms with Crippen LogP contribution in [0.1, 0.15) is 24.8 Å². The zero-order valence-corrected chi connectivity index (χ0v) is 13.0. The molecule has 1 aliphatic rings. The molecule has 1 aromatic heterocycles. The zero-order chi connectivity index (χ0) is 15.4. The van der Waals surface area contributed by atoms with E-state index in [0.29, 0.717) is 23.9 Å². The Bertz CT molecular complexity index is 675. The van der Waals surface area contributed by atoms with Gasteiger partial charge in [0.05, 0.1) is 12.7 Å². The molecule has 3 rings (SSSR count). The van der Waals surface area contributed by atoms with Crippen molar-refractivity contribution < 1.29 is 4.79 Å². The SMILES string of the molecule is O=C(CC1C=CCC1)Nc1ccnn1Cc1ccc(Cl)cc1. The van der Waals surface area contributed by atoms with E-state index in [4.69, 9.17) is 11.6 Å². The van der Waals surface area contributed by atoms with Gasteiger partial charge in [0.25, 0.3) is 0 Å². The van der Waals surface area contributed by atoms with Crippen LogP contribution in [0.15, 0.2) is 48.7 Å². The summed E-state index contributed by atoms with van der Waals surface area (Å²) in [6.45, 7) is 0.600. The predicted molar refractivity (Wildman–Crippen MR) is 87.9 cm³/mol. The number of amides is 1. The van der Waals surface area contributed by atoms with E-state index in [1.165, 1.54) is 0 Å². The molecule has 1 N–H and O–H groups in total. The van der Waals surface area contributed by atoms with E-state index in [0.717, 1.165) is 24.2 Å². The van der Waals surface area contributed by atoms with Crippen LogP contribution < -0.4 is 5.32 Å². The molecule has 22 heavy (non-hydrogen) atoms. The number of benzene rings is 1. The molecular formula is C17H18ClN3O. The summed E-state index contributed by atoms with van der Waals surface area (Å²) in [5, 5.41) is 7.93. The van der Waals surface area contributed by atoms with Crippen molar-refractivity contribution in [1.82, 2.24) is 9.78 Å². The molecule has 1 aromatic carbocycles. The molecule has 2 aromatic rings. The van der Waals surface area contributed by atoms with Gasteiger partial charge in [0, 0.05) is 17.5 Å². The van der Waals surface area contributed by atoms with E-state index in [9.17, 15) is 4.79 Å². The van der Waals surface area contributed by atoms with Gasteiger partial charge in [0.1, 0.15) is 5.82 Å². The number of allylic oxidation sites excluding steroid dienone is 2. The number of nitrogens with zero attached hydrogens (tertiary/aromatic N) is 2. The van der Waals surface area contributed by atoms with Gasteiger partial charge in [0.15, 0.2) is 0 Å². The number of anilines is 1. The Morgan fingerprint density at radius 3 is 2.86 bits per heavy atom. The molecule has 0 saturated carbocycles. The highest BCUT2D eigenvalue weighted by Gasteiger charge is 2.15. The van der Waals surface area contributed by atoms with Gasteiger partial charge in [-0.3, -0.25) is 4.79 Å². The summed E-state index contributed by atoms with van der Waals surface area (Å²) in [5.41, 5.74) is 1.09. The van der Waals surface area contributed by atoms with Gasteiger partial charge < -0.3 is 5.32 Å². The number of rotatable bonds is 5. The minimum atomic E-state index is 0.0365. The smallest absolute Gasteiger partial charge is 0.226 e. The lowest BCUT2D eigenvalue weighted by Crippen LogP contribution is -2.18. The number of hydrogen-bond donors (Lipinski definition) is 1. The van der Waals surface area contributed by atoms with Crippen LogP contribution in [0.2, 0.25) is 5.02 Å². The third kappa shape index (κ3) is 3.77. The fourth-order valence-electron chi connectivity index (χ4n) is 2.62. The number of carbonyl (C=O) groups excluding carboxylic acids is 1. The van der Waals surface area contributed by atoms with Gasteiger partial charge in [-0.1, -0.05) is 35.9 Å². The van der Waals surface area contributed by atoms with Crippen LogP contribution in [0, 0.1) is 5.92 Å². The number of aromatic nitrogens is 2. The molecule has 0 bridgehead atoms. The Labute approximate surface area is 134 Å². The highest BCUT2D eigenvalue weighted by Crippen LogP contribution is 2.21. The van der Waals surface area contributed by atoms with Gasteiger partial charge in [-0.2, -0.15) is 5.10 Å². The first-order chi connectivity index (χ1) is 10.7. The third-order valence-corrected chi connectivity index (χ3v) is 4.04. The Morgan fingerprint density at radius 1 is 1.32 bits per heavy atom. The van der Waals surface area contributed by atoms with Crippen molar-refractivity contribution in [2.24, 2.45) is 5.92 Å². The lowest BCUT2D eigenvalue weighted by atomic mass is 10.1. The fourth-order valence-corrected chi connectivity index (χ4v) is 2.75. The average molecular weight is 316 g/mol. The Kier molecular flexibility index (Phi) is 4.59. The van der Waals surface area contributed by atoms with Crippen LogP contribution in [0.5, 0.6) is 0 Å². The summed E-state index contributed by atoms with van der Waals surface area (Å²) >= 11 is 5.89. The molecule has 0 radical (unpaired) electrons. The second-order valence-electron chi connectivity index (χ2n) is 5.52. The molecule has 114 valence electrons. The van der Waals surface area contributed by atoms with Crippen molar-refractivity contribution in [3.63, 3.8) is 0 Å². The van der Waals surface area contributed by atoms with Crippen molar-refractivity contribution in [3.8, 4) is 0 Å². The van der Waals surface area contributed by atoms with Gasteiger partial charge >= 0.3 is 0 Å². The maximum atomic E-state index is 12.1. The molecule has 1 heterocycles. The van der Waals surface area contributed by atoms with Crippen LogP contribution in [-0.4, -0.2) is 15.7 Å². The fraction of sp³-hybridized carbons (Fsp3) is 0.294. The normalized spacial score (nSPS) is 16.9. The number of nitrogens with one attached hydrogen (secondary N) is 1. The molecule has 1 aliphatic carbocycles. The predicted octanol–water partition coefficient (Wildman–Crippen LogP) is 3.88. The number of carbonyl (C=O) groups is 1. The second-order valence-corrected chi connectivity index (χ2v) is 5.95. The van der Waals surface area contributed by atoms with E-state index in [-0.39, 0.29) is 5.91 Å². The lowest BCUT2D eigenvalue weighted by Gasteiger charge is -2.11. The molecule has 1 atom stereocenters. The first kappa shape index (κ1) is 14.9. The third-order valence-electron chi connectivity index (χ3n) is 3.79. The Balaban J connectivity index is 1.62.